The molecule has 4 heteroatoms. The van der Waals surface area contributed by atoms with E-state index in [1.807, 2.05) is 18.2 Å². The average Bonchev–Trinajstić information content (AvgIpc) is 2.55. The average molecular weight is 318 g/mol. The summed E-state index contributed by atoms with van der Waals surface area (Å²) in [4.78, 5) is 14.2. The van der Waals surface area contributed by atoms with Gasteiger partial charge in [0.15, 0.2) is 0 Å². The number of carbonyl (C=O) groups excluding carboxylic acids is 1. The van der Waals surface area contributed by atoms with E-state index in [1.54, 1.807) is 0 Å². The zero-order chi connectivity index (χ0) is 16.5. The van der Waals surface area contributed by atoms with Crippen molar-refractivity contribution >= 4 is 11.6 Å². The van der Waals surface area contributed by atoms with Gasteiger partial charge in [-0.05, 0) is 37.8 Å². The normalized spacial score (nSPS) is 16.8. The Hall–Kier alpha value is -1.55. The van der Waals surface area contributed by atoms with Gasteiger partial charge in [0.2, 0.25) is 5.91 Å². The number of anilines is 1. The van der Waals surface area contributed by atoms with Crippen LogP contribution in [0.25, 0.3) is 0 Å². The molecule has 128 valence electrons. The number of para-hydroxylation sites is 1. The van der Waals surface area contributed by atoms with Gasteiger partial charge in [-0.15, -0.1) is 0 Å². The number of carbonyl (C=O) groups is 1. The molecule has 0 bridgehead atoms. The Bertz CT molecular complexity index is 470. The molecule has 1 fully saturated rings. The number of rotatable bonds is 8. The van der Waals surface area contributed by atoms with Crippen LogP contribution < -0.4 is 10.2 Å². The topological polar surface area (TPSA) is 52.6 Å². The minimum atomic E-state index is -0.754. The number of benzene rings is 1. The Morgan fingerprint density at radius 1 is 1.17 bits per heavy atom. The van der Waals surface area contributed by atoms with Crippen LogP contribution in [0.4, 0.5) is 5.69 Å². The second-order valence-electron chi connectivity index (χ2n) is 6.78. The summed E-state index contributed by atoms with van der Waals surface area (Å²) in [6.45, 7) is 1.67. The summed E-state index contributed by atoms with van der Waals surface area (Å²) in [7, 11) is 2.09. The molecule has 0 radical (unpaired) electrons. The molecule has 0 spiro atoms. The molecule has 1 aliphatic rings. The molecule has 0 saturated heterocycles. The van der Waals surface area contributed by atoms with Crippen molar-refractivity contribution in [2.75, 3.05) is 25.0 Å². The fraction of sp³-hybridized carbons (Fsp3) is 0.632. The van der Waals surface area contributed by atoms with E-state index < -0.39 is 5.60 Å². The minimum Gasteiger partial charge on any atom is -0.389 e. The molecule has 1 aliphatic carbocycles. The fourth-order valence-corrected chi connectivity index (χ4v) is 3.26. The van der Waals surface area contributed by atoms with Gasteiger partial charge in [-0.2, -0.15) is 0 Å². The molecule has 0 heterocycles. The lowest BCUT2D eigenvalue weighted by atomic mass is 9.82. The Labute approximate surface area is 139 Å². The van der Waals surface area contributed by atoms with E-state index in [1.165, 1.54) is 12.1 Å². The Balaban J connectivity index is 1.57. The van der Waals surface area contributed by atoms with Crippen molar-refractivity contribution in [1.29, 1.82) is 0 Å². The van der Waals surface area contributed by atoms with E-state index in [4.69, 9.17) is 0 Å². The quantitative estimate of drug-likeness (QED) is 0.724. The Morgan fingerprint density at radius 2 is 1.87 bits per heavy atom. The molecule has 1 saturated carbocycles. The molecular formula is C19H30N2O2. The number of aliphatic hydroxyl groups is 1. The van der Waals surface area contributed by atoms with Gasteiger partial charge in [0.1, 0.15) is 0 Å². The number of unbranched alkanes of at least 4 members (excludes halogenated alkanes) is 1. The van der Waals surface area contributed by atoms with Gasteiger partial charge >= 0.3 is 0 Å². The molecule has 1 aromatic rings. The largest absolute Gasteiger partial charge is 0.389 e. The first-order valence-electron chi connectivity index (χ1n) is 8.84. The molecular weight excluding hydrogens is 288 g/mol. The van der Waals surface area contributed by atoms with Gasteiger partial charge in [0, 0.05) is 25.8 Å². The van der Waals surface area contributed by atoms with Crippen LogP contribution in [-0.4, -0.2) is 36.8 Å². The molecule has 0 aliphatic heterocycles. The summed E-state index contributed by atoms with van der Waals surface area (Å²) < 4.78 is 0. The van der Waals surface area contributed by atoms with Crippen molar-refractivity contribution in [1.82, 2.24) is 5.32 Å². The van der Waals surface area contributed by atoms with Gasteiger partial charge in [-0.3, -0.25) is 4.79 Å². The summed E-state index contributed by atoms with van der Waals surface area (Å²) in [5, 5.41) is 13.3. The highest BCUT2D eigenvalue weighted by molar-refractivity contribution is 5.77. The van der Waals surface area contributed by atoms with Crippen molar-refractivity contribution in [2.24, 2.45) is 0 Å². The Morgan fingerprint density at radius 3 is 2.57 bits per heavy atom. The predicted molar refractivity (Wildman–Crippen MR) is 94.6 cm³/mol. The van der Waals surface area contributed by atoms with Crippen molar-refractivity contribution in [3.05, 3.63) is 30.3 Å². The lowest BCUT2D eigenvalue weighted by molar-refractivity contribution is -0.127. The first-order valence-corrected chi connectivity index (χ1v) is 8.84. The van der Waals surface area contributed by atoms with E-state index >= 15 is 0 Å². The molecule has 2 rings (SSSR count). The van der Waals surface area contributed by atoms with Gasteiger partial charge in [0.05, 0.1) is 12.0 Å². The maximum absolute atomic E-state index is 12.0. The van der Waals surface area contributed by atoms with Gasteiger partial charge in [0.25, 0.3) is 0 Å². The maximum atomic E-state index is 12.0. The fourth-order valence-electron chi connectivity index (χ4n) is 3.26. The molecule has 4 nitrogen and oxygen atoms in total. The predicted octanol–water partition coefficient (Wildman–Crippen LogP) is 3.10. The summed E-state index contributed by atoms with van der Waals surface area (Å²) in [6, 6.07) is 10.3. The second kappa shape index (κ2) is 8.92. The standard InChI is InChI=1S/C19H30N2O2/c1-21(17-10-4-2-5-11-17)15-9-8-14-20-18(22)16-19(23)12-6-3-7-13-19/h2,4-5,10-11,23H,3,6-9,12-16H2,1H3,(H,20,22). The van der Waals surface area contributed by atoms with Crippen LogP contribution in [-0.2, 0) is 4.79 Å². The third-order valence-electron chi connectivity index (χ3n) is 4.71. The third kappa shape index (κ3) is 6.22. The van der Waals surface area contributed by atoms with Crippen LogP contribution >= 0.6 is 0 Å². The summed E-state index contributed by atoms with van der Waals surface area (Å²) in [6.07, 6.45) is 7.04. The molecule has 23 heavy (non-hydrogen) atoms. The smallest absolute Gasteiger partial charge is 0.222 e. The minimum absolute atomic E-state index is 0.00851. The van der Waals surface area contributed by atoms with Crippen molar-refractivity contribution in [3.8, 4) is 0 Å². The highest BCUT2D eigenvalue weighted by atomic mass is 16.3. The number of amides is 1. The highest BCUT2D eigenvalue weighted by Gasteiger charge is 2.31. The van der Waals surface area contributed by atoms with E-state index in [0.717, 1.165) is 45.1 Å². The summed E-state index contributed by atoms with van der Waals surface area (Å²) in [5.41, 5.74) is 0.464. The molecule has 0 unspecified atom stereocenters. The van der Waals surface area contributed by atoms with Crippen LogP contribution in [0.2, 0.25) is 0 Å². The Kier molecular flexibility index (Phi) is 6.90. The number of nitrogens with one attached hydrogen (secondary N) is 1. The van der Waals surface area contributed by atoms with E-state index in [0.29, 0.717) is 6.54 Å². The van der Waals surface area contributed by atoms with Crippen LogP contribution in [0.3, 0.4) is 0 Å². The van der Waals surface area contributed by atoms with Crippen LogP contribution in [0.15, 0.2) is 30.3 Å². The molecule has 2 N–H and O–H groups in total. The van der Waals surface area contributed by atoms with Crippen LogP contribution in [0, 0.1) is 0 Å². The SMILES string of the molecule is CN(CCCCNC(=O)CC1(O)CCCCC1)c1ccccc1. The van der Waals surface area contributed by atoms with Crippen molar-refractivity contribution < 1.29 is 9.90 Å². The lowest BCUT2D eigenvalue weighted by Gasteiger charge is -2.31. The maximum Gasteiger partial charge on any atom is 0.222 e. The third-order valence-corrected chi connectivity index (χ3v) is 4.71. The van der Waals surface area contributed by atoms with Crippen LogP contribution in [0.1, 0.15) is 51.4 Å². The molecule has 0 aromatic heterocycles. The zero-order valence-corrected chi connectivity index (χ0v) is 14.3. The second-order valence-corrected chi connectivity index (χ2v) is 6.78. The van der Waals surface area contributed by atoms with E-state index in [9.17, 15) is 9.90 Å². The number of nitrogens with zero attached hydrogens (tertiary/aromatic N) is 1. The van der Waals surface area contributed by atoms with Crippen LogP contribution in [0.5, 0.6) is 0 Å². The van der Waals surface area contributed by atoms with Gasteiger partial charge < -0.3 is 15.3 Å². The zero-order valence-electron chi connectivity index (χ0n) is 14.3. The number of hydrogen-bond donors (Lipinski definition) is 2. The first-order chi connectivity index (χ1) is 11.1. The lowest BCUT2D eigenvalue weighted by Crippen LogP contribution is -2.38. The first kappa shape index (κ1) is 17.8. The monoisotopic (exact) mass is 318 g/mol. The molecule has 1 aromatic carbocycles. The van der Waals surface area contributed by atoms with Gasteiger partial charge in [-0.1, -0.05) is 37.5 Å². The van der Waals surface area contributed by atoms with Gasteiger partial charge in [-0.25, -0.2) is 0 Å². The highest BCUT2D eigenvalue weighted by Crippen LogP contribution is 2.30. The molecule has 0 atom stereocenters. The molecule has 1 amide bonds. The van der Waals surface area contributed by atoms with E-state index in [-0.39, 0.29) is 12.3 Å². The summed E-state index contributed by atoms with van der Waals surface area (Å²) in [5.74, 6) is -0.00851. The summed E-state index contributed by atoms with van der Waals surface area (Å²) >= 11 is 0. The number of hydrogen-bond acceptors (Lipinski definition) is 3. The van der Waals surface area contributed by atoms with Crippen molar-refractivity contribution in [3.63, 3.8) is 0 Å². The van der Waals surface area contributed by atoms with E-state index in [2.05, 4.69) is 29.4 Å². The van der Waals surface area contributed by atoms with Crippen molar-refractivity contribution in [2.45, 2.75) is 57.0 Å².